The molecule has 0 aliphatic carbocycles. The van der Waals surface area contributed by atoms with Crippen molar-refractivity contribution < 1.29 is 9.53 Å². The molecule has 5 heteroatoms. The van der Waals surface area contributed by atoms with Crippen molar-refractivity contribution in [2.45, 2.75) is 6.92 Å². The van der Waals surface area contributed by atoms with Gasteiger partial charge >= 0.3 is 109 Å². The Morgan fingerprint density at radius 3 is 2.88 bits per heavy atom. The minimum atomic E-state index is -0.486. The Morgan fingerprint density at radius 1 is 1.41 bits per heavy atom. The van der Waals surface area contributed by atoms with Crippen molar-refractivity contribution in [2.24, 2.45) is 4.99 Å². The second-order valence-corrected chi connectivity index (χ2v) is 6.56. The van der Waals surface area contributed by atoms with Crippen LogP contribution in [0.3, 0.4) is 0 Å². The van der Waals surface area contributed by atoms with Gasteiger partial charge in [-0.2, -0.15) is 0 Å². The second-order valence-electron chi connectivity index (χ2n) is 3.14. The van der Waals surface area contributed by atoms with E-state index in [-0.39, 0.29) is 14.5 Å². The van der Waals surface area contributed by atoms with Crippen molar-refractivity contribution in [3.05, 3.63) is 38.8 Å². The Bertz CT molecular complexity index is 559. The van der Waals surface area contributed by atoms with Crippen LogP contribution >= 0.6 is 11.3 Å². The fourth-order valence-corrected chi connectivity index (χ4v) is 4.57. The van der Waals surface area contributed by atoms with Crippen LogP contribution in [0.5, 0.6) is 0 Å². The van der Waals surface area contributed by atoms with E-state index < -0.39 is 6.09 Å². The molecule has 1 aromatic heterocycles. The minimum absolute atomic E-state index is 0.141. The zero-order valence-corrected chi connectivity index (χ0v) is 11.8. The van der Waals surface area contributed by atoms with Crippen LogP contribution in [0.4, 0.5) is 4.79 Å². The standard InChI is InChI=1S/C12H11NO2SSe/c1-2-15-11(14)13-12-16-10(8-17-12)9-6-4-3-5-7-9/h3-8H,2H2,1H3. The molecule has 0 bridgehead atoms. The number of carbonyl (C=O) groups is 1. The SMILES string of the molecule is CCOC(=O)N=c1sc(-c2ccccc2)c[se]1. The quantitative estimate of drug-likeness (QED) is 0.799. The van der Waals surface area contributed by atoms with Crippen LogP contribution in [-0.4, -0.2) is 27.2 Å². The van der Waals surface area contributed by atoms with Crippen molar-refractivity contribution in [3.8, 4) is 10.4 Å². The van der Waals surface area contributed by atoms with E-state index in [9.17, 15) is 4.79 Å². The molecule has 0 N–H and O–H groups in total. The van der Waals surface area contributed by atoms with Crippen LogP contribution in [0.25, 0.3) is 10.4 Å². The van der Waals surface area contributed by atoms with E-state index >= 15 is 0 Å². The van der Waals surface area contributed by atoms with Crippen LogP contribution in [0.1, 0.15) is 6.92 Å². The molecule has 0 saturated heterocycles. The van der Waals surface area contributed by atoms with Crippen LogP contribution in [0, 0.1) is 0 Å². The van der Waals surface area contributed by atoms with E-state index in [1.807, 2.05) is 18.2 Å². The van der Waals surface area contributed by atoms with Gasteiger partial charge in [0.15, 0.2) is 0 Å². The first-order valence-corrected chi connectivity index (χ1v) is 7.81. The molecule has 0 saturated carbocycles. The second kappa shape index (κ2) is 5.96. The van der Waals surface area contributed by atoms with Crippen LogP contribution in [0.2, 0.25) is 0 Å². The number of carbonyl (C=O) groups excluding carboxylic acids is 1. The molecule has 88 valence electrons. The van der Waals surface area contributed by atoms with Gasteiger partial charge in [-0.1, -0.05) is 0 Å². The number of rotatable bonds is 2. The first-order chi connectivity index (χ1) is 8.29. The molecule has 1 heterocycles. The number of ether oxygens (including phenoxy) is 1. The van der Waals surface area contributed by atoms with Gasteiger partial charge in [0.1, 0.15) is 0 Å². The maximum atomic E-state index is 11.2. The fourth-order valence-electron chi connectivity index (χ4n) is 1.25. The molecule has 1 aromatic carbocycles. The first kappa shape index (κ1) is 12.3. The van der Waals surface area contributed by atoms with Gasteiger partial charge in [-0.05, 0) is 0 Å². The van der Waals surface area contributed by atoms with E-state index in [0.717, 1.165) is 3.54 Å². The summed E-state index contributed by atoms with van der Waals surface area (Å²) in [6.07, 6.45) is -0.486. The Morgan fingerprint density at radius 2 is 2.18 bits per heavy atom. The van der Waals surface area contributed by atoms with Crippen molar-refractivity contribution in [3.63, 3.8) is 0 Å². The molecule has 0 aliphatic heterocycles. The summed E-state index contributed by atoms with van der Waals surface area (Å²) in [5.74, 6) is 0. The molecule has 1 amide bonds. The molecule has 2 rings (SSSR count). The Balaban J connectivity index is 2.25. The van der Waals surface area contributed by atoms with E-state index in [0.29, 0.717) is 6.61 Å². The van der Waals surface area contributed by atoms with Crippen LogP contribution < -0.4 is 3.54 Å². The van der Waals surface area contributed by atoms with Gasteiger partial charge < -0.3 is 0 Å². The van der Waals surface area contributed by atoms with Gasteiger partial charge in [-0.3, -0.25) is 0 Å². The van der Waals surface area contributed by atoms with E-state index in [1.165, 1.54) is 10.4 Å². The monoisotopic (exact) mass is 313 g/mol. The fraction of sp³-hybridized carbons (Fsp3) is 0.167. The van der Waals surface area contributed by atoms with Gasteiger partial charge in [-0.15, -0.1) is 0 Å². The van der Waals surface area contributed by atoms with E-state index in [1.54, 1.807) is 18.3 Å². The number of amides is 1. The predicted molar refractivity (Wildman–Crippen MR) is 69.3 cm³/mol. The number of hydrogen-bond acceptors (Lipinski definition) is 3. The molecule has 2 aromatic rings. The maximum absolute atomic E-state index is 11.2. The third-order valence-corrected chi connectivity index (χ3v) is 5.53. The van der Waals surface area contributed by atoms with Crippen LogP contribution in [-0.2, 0) is 4.74 Å². The molecule has 0 fully saturated rings. The molecule has 0 radical (unpaired) electrons. The topological polar surface area (TPSA) is 38.7 Å². The van der Waals surface area contributed by atoms with Gasteiger partial charge in [-0.25, -0.2) is 0 Å². The molecular formula is C12H11NO2SSe. The van der Waals surface area contributed by atoms with Gasteiger partial charge in [0.2, 0.25) is 0 Å². The molecule has 0 spiro atoms. The molecule has 0 unspecified atom stereocenters. The predicted octanol–water partition coefficient (Wildman–Crippen LogP) is 2.53. The number of hydrogen-bond donors (Lipinski definition) is 0. The average molecular weight is 312 g/mol. The van der Waals surface area contributed by atoms with Gasteiger partial charge in [0, 0.05) is 0 Å². The molecule has 0 atom stereocenters. The van der Waals surface area contributed by atoms with E-state index in [4.69, 9.17) is 4.74 Å². The summed E-state index contributed by atoms with van der Waals surface area (Å²) in [5, 5.41) is 0. The summed E-state index contributed by atoms with van der Waals surface area (Å²) >= 11 is 1.70. The summed E-state index contributed by atoms with van der Waals surface area (Å²) in [7, 11) is 0. The van der Waals surface area contributed by atoms with Crippen molar-refractivity contribution in [1.29, 1.82) is 0 Å². The summed E-state index contributed by atoms with van der Waals surface area (Å²) in [5.41, 5.74) is 1.17. The van der Waals surface area contributed by atoms with Gasteiger partial charge in [0.05, 0.1) is 0 Å². The zero-order chi connectivity index (χ0) is 12.1. The summed E-state index contributed by atoms with van der Waals surface area (Å²) in [6, 6.07) is 10.1. The third kappa shape index (κ3) is 3.40. The molecular weight excluding hydrogens is 301 g/mol. The first-order valence-electron chi connectivity index (χ1n) is 5.15. The van der Waals surface area contributed by atoms with Crippen molar-refractivity contribution in [1.82, 2.24) is 0 Å². The normalized spacial score (nSPS) is 11.5. The van der Waals surface area contributed by atoms with E-state index in [2.05, 4.69) is 22.1 Å². The average Bonchev–Trinajstić information content (AvgIpc) is 2.79. The zero-order valence-electron chi connectivity index (χ0n) is 9.25. The number of benzene rings is 1. The molecule has 3 nitrogen and oxygen atoms in total. The summed E-state index contributed by atoms with van der Waals surface area (Å²) < 4.78 is 5.65. The Hall–Kier alpha value is -1.16. The number of nitrogens with zero attached hydrogens (tertiary/aromatic N) is 1. The summed E-state index contributed by atoms with van der Waals surface area (Å²) in [6.45, 7) is 2.14. The van der Waals surface area contributed by atoms with Crippen molar-refractivity contribution >= 4 is 31.9 Å². The molecule has 17 heavy (non-hydrogen) atoms. The third-order valence-electron chi connectivity index (χ3n) is 1.97. The van der Waals surface area contributed by atoms with Gasteiger partial charge in [0.25, 0.3) is 0 Å². The Labute approximate surface area is 109 Å². The van der Waals surface area contributed by atoms with Crippen LogP contribution in [0.15, 0.2) is 40.3 Å². The molecule has 0 aliphatic rings. The van der Waals surface area contributed by atoms with Crippen molar-refractivity contribution in [2.75, 3.05) is 6.61 Å². The Kier molecular flexibility index (Phi) is 4.31. The summed E-state index contributed by atoms with van der Waals surface area (Å²) in [4.78, 5) is 18.5.